The van der Waals surface area contributed by atoms with Crippen molar-refractivity contribution in [2.24, 2.45) is 5.92 Å². The van der Waals surface area contributed by atoms with E-state index in [2.05, 4.69) is 13.8 Å². The molecule has 0 bridgehead atoms. The number of nitrogen functional groups attached to an aromatic ring is 1. The van der Waals surface area contributed by atoms with Crippen molar-refractivity contribution >= 4 is 22.3 Å². The van der Waals surface area contributed by atoms with Crippen LogP contribution in [-0.2, 0) is 11.2 Å². The molecular weight excluding hydrogens is 258 g/mol. The van der Waals surface area contributed by atoms with Gasteiger partial charge in [-0.3, -0.25) is 0 Å². The lowest BCUT2D eigenvalue weighted by atomic mass is 9.81. The van der Waals surface area contributed by atoms with Crippen molar-refractivity contribution in [1.82, 2.24) is 0 Å². The number of rotatable bonds is 1. The molecule has 0 spiro atoms. The summed E-state index contributed by atoms with van der Waals surface area (Å²) in [6.45, 7) is 10.1. The molecule has 0 aliphatic heterocycles. The molecule has 2 unspecified atom stereocenters. The molecule has 0 saturated carbocycles. The third-order valence-electron chi connectivity index (χ3n) is 3.43. The summed E-state index contributed by atoms with van der Waals surface area (Å²) in [5.74, 6) is 0.769. The molecule has 1 aromatic heterocycles. The summed E-state index contributed by atoms with van der Waals surface area (Å²) in [5, 5.41) is 0.611. The molecule has 0 radical (unpaired) electrons. The summed E-state index contributed by atoms with van der Waals surface area (Å²) in [6, 6.07) is 0. The van der Waals surface area contributed by atoms with Crippen molar-refractivity contribution in [3.05, 3.63) is 16.0 Å². The largest absolute Gasteiger partial charge is 0.456 e. The lowest BCUT2D eigenvalue weighted by molar-refractivity contribution is 0.00692. The first kappa shape index (κ1) is 14.4. The minimum Gasteiger partial charge on any atom is -0.456 e. The van der Waals surface area contributed by atoms with Crippen LogP contribution < -0.4 is 5.73 Å². The molecular formula is C15H23NO2S. The van der Waals surface area contributed by atoms with Crippen molar-refractivity contribution in [3.8, 4) is 0 Å². The zero-order valence-electron chi connectivity index (χ0n) is 12.4. The normalized spacial score (nSPS) is 23.0. The fourth-order valence-electron chi connectivity index (χ4n) is 2.84. The van der Waals surface area contributed by atoms with Gasteiger partial charge in [-0.05, 0) is 51.0 Å². The Balaban J connectivity index is 2.40. The van der Waals surface area contributed by atoms with Gasteiger partial charge in [-0.1, -0.05) is 13.8 Å². The lowest BCUT2D eigenvalue weighted by Gasteiger charge is -2.26. The Morgan fingerprint density at radius 3 is 2.58 bits per heavy atom. The number of anilines is 1. The Morgan fingerprint density at radius 1 is 1.37 bits per heavy atom. The van der Waals surface area contributed by atoms with E-state index in [1.54, 1.807) is 11.3 Å². The van der Waals surface area contributed by atoms with Crippen molar-refractivity contribution in [3.63, 3.8) is 0 Å². The van der Waals surface area contributed by atoms with E-state index in [0.29, 0.717) is 22.4 Å². The Morgan fingerprint density at radius 2 is 2.00 bits per heavy atom. The second kappa shape index (κ2) is 4.82. The van der Waals surface area contributed by atoms with Crippen molar-refractivity contribution in [1.29, 1.82) is 0 Å². The fourth-order valence-corrected chi connectivity index (χ4v) is 4.19. The van der Waals surface area contributed by atoms with E-state index >= 15 is 0 Å². The quantitative estimate of drug-likeness (QED) is 0.792. The highest BCUT2D eigenvalue weighted by molar-refractivity contribution is 7.16. The predicted octanol–water partition coefficient (Wildman–Crippen LogP) is 3.97. The first-order chi connectivity index (χ1) is 8.69. The van der Waals surface area contributed by atoms with Gasteiger partial charge >= 0.3 is 5.97 Å². The second-order valence-electron chi connectivity index (χ2n) is 6.63. The van der Waals surface area contributed by atoms with E-state index < -0.39 is 5.60 Å². The Labute approximate surface area is 119 Å². The summed E-state index contributed by atoms with van der Waals surface area (Å²) < 4.78 is 5.49. The molecule has 0 aromatic carbocycles. The van der Waals surface area contributed by atoms with Gasteiger partial charge in [0.2, 0.25) is 0 Å². The number of esters is 1. The van der Waals surface area contributed by atoms with Gasteiger partial charge in [0.05, 0.1) is 5.56 Å². The molecule has 1 aliphatic rings. The summed E-state index contributed by atoms with van der Waals surface area (Å²) in [4.78, 5) is 13.6. The number of nitrogens with two attached hydrogens (primary N) is 1. The lowest BCUT2D eigenvalue weighted by Crippen LogP contribution is -2.25. The number of carbonyl (C=O) groups is 1. The highest BCUT2D eigenvalue weighted by Crippen LogP contribution is 2.44. The molecule has 2 atom stereocenters. The Hall–Kier alpha value is -1.03. The van der Waals surface area contributed by atoms with E-state index in [9.17, 15) is 4.79 Å². The van der Waals surface area contributed by atoms with Gasteiger partial charge < -0.3 is 10.5 Å². The van der Waals surface area contributed by atoms with Gasteiger partial charge in [0.15, 0.2) is 0 Å². The average molecular weight is 281 g/mol. The molecule has 106 valence electrons. The second-order valence-corrected chi connectivity index (χ2v) is 7.76. The molecule has 4 heteroatoms. The molecule has 2 N–H and O–H groups in total. The standard InChI is InChI=1S/C15H23NO2S/c1-8-6-9(2)11-10(7-8)19-13(16)12(11)14(17)18-15(3,4)5/h8-9H,6-7,16H2,1-5H3. The van der Waals surface area contributed by atoms with Gasteiger partial charge in [-0.25, -0.2) is 4.79 Å². The molecule has 1 heterocycles. The van der Waals surface area contributed by atoms with Crippen LogP contribution in [-0.4, -0.2) is 11.6 Å². The van der Waals surface area contributed by atoms with Crippen LogP contribution >= 0.6 is 11.3 Å². The Bertz CT molecular complexity index is 499. The number of carbonyl (C=O) groups excluding carboxylic acids is 1. The van der Waals surface area contributed by atoms with Crippen LogP contribution in [0.15, 0.2) is 0 Å². The van der Waals surface area contributed by atoms with Crippen LogP contribution in [0.5, 0.6) is 0 Å². The van der Waals surface area contributed by atoms with E-state index in [4.69, 9.17) is 10.5 Å². The minimum absolute atomic E-state index is 0.274. The molecule has 19 heavy (non-hydrogen) atoms. The van der Waals surface area contributed by atoms with Gasteiger partial charge in [0.25, 0.3) is 0 Å². The first-order valence-electron chi connectivity index (χ1n) is 6.83. The molecule has 0 saturated heterocycles. The third kappa shape index (κ3) is 2.94. The number of hydrogen-bond donors (Lipinski definition) is 1. The topological polar surface area (TPSA) is 52.3 Å². The SMILES string of the molecule is CC1Cc2sc(N)c(C(=O)OC(C)(C)C)c2C(C)C1. The van der Waals surface area contributed by atoms with Crippen LogP contribution in [0.3, 0.4) is 0 Å². The molecule has 0 amide bonds. The van der Waals surface area contributed by atoms with Crippen LogP contribution in [0.2, 0.25) is 0 Å². The van der Waals surface area contributed by atoms with E-state index in [1.165, 1.54) is 4.88 Å². The van der Waals surface area contributed by atoms with Crippen LogP contribution in [0.1, 0.15) is 67.8 Å². The Kier molecular flexibility index (Phi) is 3.65. The maximum atomic E-state index is 12.3. The number of thiophene rings is 1. The van der Waals surface area contributed by atoms with Gasteiger partial charge in [-0.2, -0.15) is 0 Å². The summed E-state index contributed by atoms with van der Waals surface area (Å²) in [6.07, 6.45) is 2.14. The molecule has 0 fully saturated rings. The van der Waals surface area contributed by atoms with Gasteiger partial charge in [-0.15, -0.1) is 11.3 Å². The van der Waals surface area contributed by atoms with Crippen LogP contribution in [0.25, 0.3) is 0 Å². The minimum atomic E-state index is -0.483. The third-order valence-corrected chi connectivity index (χ3v) is 4.49. The molecule has 2 rings (SSSR count). The van der Waals surface area contributed by atoms with E-state index in [1.807, 2.05) is 20.8 Å². The van der Waals surface area contributed by atoms with Crippen molar-refractivity contribution in [2.45, 2.75) is 59.0 Å². The average Bonchev–Trinajstić information content (AvgIpc) is 2.51. The number of ether oxygens (including phenoxy) is 1. The molecule has 1 aromatic rings. The monoisotopic (exact) mass is 281 g/mol. The molecule has 1 aliphatic carbocycles. The number of fused-ring (bicyclic) bond motifs is 1. The van der Waals surface area contributed by atoms with E-state index in [0.717, 1.165) is 18.4 Å². The van der Waals surface area contributed by atoms with Gasteiger partial charge in [0, 0.05) is 4.88 Å². The highest BCUT2D eigenvalue weighted by atomic mass is 32.1. The predicted molar refractivity (Wildman–Crippen MR) is 79.8 cm³/mol. The maximum Gasteiger partial charge on any atom is 0.341 e. The van der Waals surface area contributed by atoms with Crippen molar-refractivity contribution in [2.75, 3.05) is 5.73 Å². The molecule has 3 nitrogen and oxygen atoms in total. The zero-order chi connectivity index (χ0) is 14.4. The summed E-state index contributed by atoms with van der Waals surface area (Å²) in [5.41, 5.74) is 7.34. The van der Waals surface area contributed by atoms with Crippen LogP contribution in [0, 0.1) is 5.92 Å². The number of hydrogen-bond acceptors (Lipinski definition) is 4. The fraction of sp³-hybridized carbons (Fsp3) is 0.667. The van der Waals surface area contributed by atoms with Crippen LogP contribution in [0.4, 0.5) is 5.00 Å². The van der Waals surface area contributed by atoms with Gasteiger partial charge in [0.1, 0.15) is 10.6 Å². The summed E-state index contributed by atoms with van der Waals surface area (Å²) >= 11 is 1.56. The maximum absolute atomic E-state index is 12.3. The van der Waals surface area contributed by atoms with Crippen molar-refractivity contribution < 1.29 is 9.53 Å². The smallest absolute Gasteiger partial charge is 0.341 e. The summed E-state index contributed by atoms with van der Waals surface area (Å²) in [7, 11) is 0. The zero-order valence-corrected chi connectivity index (χ0v) is 13.2. The highest BCUT2D eigenvalue weighted by Gasteiger charge is 2.32. The first-order valence-corrected chi connectivity index (χ1v) is 7.65. The van der Waals surface area contributed by atoms with E-state index in [-0.39, 0.29) is 5.97 Å².